The quantitative estimate of drug-likeness (QED) is 0.0198. The maximum atomic E-state index is 13.3. The number of nitrogen functional groups attached to an aromatic ring is 1. The smallest absolute Gasteiger partial charge is 0.326 e. The Morgan fingerprint density at radius 2 is 1.49 bits per heavy atom. The molecule has 0 aliphatic carbocycles. The van der Waals surface area contributed by atoms with Crippen molar-refractivity contribution in [1.29, 1.82) is 0 Å². The number of hydrogen-bond donors (Lipinski definition) is 14. The van der Waals surface area contributed by atoms with Gasteiger partial charge in [-0.2, -0.15) is 10.5 Å². The molecule has 16 N–H and O–H groups in total. The van der Waals surface area contributed by atoms with Gasteiger partial charge >= 0.3 is 23.9 Å². The van der Waals surface area contributed by atoms with Crippen LogP contribution in [0, 0.1) is 0 Å². The second kappa shape index (κ2) is 23.9. The number of hydrazine groups is 1. The van der Waals surface area contributed by atoms with Gasteiger partial charge in [-0.1, -0.05) is 0 Å². The minimum atomic E-state index is -1.77. The molecule has 27 nitrogen and oxygen atoms in total. The lowest BCUT2D eigenvalue weighted by Gasteiger charge is -2.25. The molecule has 1 aromatic carbocycles. The normalized spacial score (nSPS) is 12.9. The average Bonchev–Trinajstić information content (AvgIpc) is 3.19. The number of fused-ring (bicyclic) bond motifs is 1. The summed E-state index contributed by atoms with van der Waals surface area (Å²) < 4.78 is 0. The number of hydrogen-bond acceptors (Lipinski definition) is 18. The van der Waals surface area contributed by atoms with E-state index < -0.39 is 116 Å². The van der Waals surface area contributed by atoms with Crippen molar-refractivity contribution in [3.8, 4) is 0 Å². The van der Waals surface area contributed by atoms with E-state index in [-0.39, 0.29) is 48.6 Å². The number of aliphatic carboxylic acids is 4. The van der Waals surface area contributed by atoms with E-state index >= 15 is 0 Å². The molecule has 4 amide bonds. The number of nitrogens with zero attached hydrogens (tertiary/aromatic N) is 3. The van der Waals surface area contributed by atoms with E-state index in [1.165, 1.54) is 30.5 Å². The number of H-pyrrole nitrogens is 1. The number of anilines is 2. The van der Waals surface area contributed by atoms with E-state index in [1.807, 2.05) is 0 Å². The van der Waals surface area contributed by atoms with Crippen molar-refractivity contribution in [2.24, 2.45) is 5.84 Å². The lowest BCUT2D eigenvalue weighted by atomic mass is 10.1. The highest BCUT2D eigenvalue weighted by Crippen LogP contribution is 2.13. The number of carbonyl (C=O) groups excluding carboxylic acids is 4. The van der Waals surface area contributed by atoms with E-state index in [0.717, 1.165) is 0 Å². The van der Waals surface area contributed by atoms with Gasteiger partial charge in [0.25, 0.3) is 11.5 Å². The largest absolute Gasteiger partial charge is 0.481 e. The average molecular weight is 860 g/mol. The van der Waals surface area contributed by atoms with Gasteiger partial charge in [0, 0.05) is 24.2 Å². The number of benzene rings is 1. The standard InChI is InChI=1S/C34H45N13O14/c35-34-46-28-27(32(58)47-34)41-19(13-38-28)12-37-17-5-3-16(4-6-17)29(55)45-21(33(59)60)7-8-23(48)43-22(11-25(51)52)31(57)44-20(2-1-9-39-36)30(56)42-18(10-24(49)50)15-61-40-14-26(53)54/h3-6,13,18,20-22,37,39-40H,1-2,7-12,14-15,36H2,(H,42,56)(H,43,48)(H,44,57)(H,45,55)(H,49,50)(H,51,52)(H,53,54)(H,59,60)(H3,35,38,46,47,58)/t18-,20-,21?,22-/m0/s1. The molecule has 27 heteroatoms. The number of carboxylic acid groups (broad SMARTS) is 4. The zero-order chi connectivity index (χ0) is 45.1. The molecule has 0 radical (unpaired) electrons. The second-order valence-corrected chi connectivity index (χ2v) is 13.0. The number of carboxylic acids is 4. The molecule has 3 rings (SSSR count). The van der Waals surface area contributed by atoms with Crippen molar-refractivity contribution in [1.82, 2.24) is 52.1 Å². The lowest BCUT2D eigenvalue weighted by molar-refractivity contribution is -0.142. The van der Waals surface area contributed by atoms with Crippen molar-refractivity contribution < 1.29 is 63.6 Å². The predicted octanol–water partition coefficient (Wildman–Crippen LogP) is -3.88. The maximum Gasteiger partial charge on any atom is 0.326 e. The molecular formula is C34H45N13O14. The first-order valence-corrected chi connectivity index (χ1v) is 18.2. The Morgan fingerprint density at radius 3 is 2.13 bits per heavy atom. The first-order valence-electron chi connectivity index (χ1n) is 18.2. The monoisotopic (exact) mass is 859 g/mol. The van der Waals surface area contributed by atoms with Gasteiger partial charge < -0.3 is 52.7 Å². The molecular weight excluding hydrogens is 814 g/mol. The van der Waals surface area contributed by atoms with Gasteiger partial charge in [-0.25, -0.2) is 14.8 Å². The summed E-state index contributed by atoms with van der Waals surface area (Å²) in [4.78, 5) is 130. The molecule has 0 fully saturated rings. The van der Waals surface area contributed by atoms with Crippen LogP contribution in [0.4, 0.5) is 11.6 Å². The number of hydroxylamine groups is 1. The summed E-state index contributed by atoms with van der Waals surface area (Å²) in [7, 11) is 0. The lowest BCUT2D eigenvalue weighted by Crippen LogP contribution is -2.56. The third-order valence-corrected chi connectivity index (χ3v) is 8.23. The number of nitrogens with one attached hydrogen (secondary N) is 8. The molecule has 1 unspecified atom stereocenters. The molecule has 0 aliphatic rings. The number of nitrogens with two attached hydrogens (primary N) is 2. The molecule has 2 heterocycles. The van der Waals surface area contributed by atoms with Crippen molar-refractivity contribution in [3.05, 3.63) is 52.1 Å². The Kier molecular flexibility index (Phi) is 18.8. The fourth-order valence-electron chi connectivity index (χ4n) is 5.30. The molecule has 61 heavy (non-hydrogen) atoms. The zero-order valence-corrected chi connectivity index (χ0v) is 32.1. The first kappa shape index (κ1) is 48.0. The molecule has 4 atom stereocenters. The van der Waals surface area contributed by atoms with Gasteiger partial charge in [0.2, 0.25) is 23.7 Å². The van der Waals surface area contributed by atoms with Crippen LogP contribution >= 0.6 is 0 Å². The highest BCUT2D eigenvalue weighted by molar-refractivity contribution is 5.97. The summed E-state index contributed by atoms with van der Waals surface area (Å²) >= 11 is 0. The van der Waals surface area contributed by atoms with Crippen molar-refractivity contribution in [2.75, 3.05) is 30.7 Å². The van der Waals surface area contributed by atoms with Crippen LogP contribution in [-0.4, -0.2) is 132 Å². The third kappa shape index (κ3) is 16.8. The van der Waals surface area contributed by atoms with E-state index in [9.17, 15) is 58.5 Å². The molecule has 0 saturated carbocycles. The third-order valence-electron chi connectivity index (χ3n) is 8.23. The van der Waals surface area contributed by atoms with Crippen LogP contribution in [0.1, 0.15) is 54.6 Å². The molecule has 330 valence electrons. The van der Waals surface area contributed by atoms with Crippen LogP contribution in [0.5, 0.6) is 0 Å². The first-order chi connectivity index (χ1) is 28.9. The van der Waals surface area contributed by atoms with Gasteiger partial charge in [0.05, 0.1) is 43.9 Å². The summed E-state index contributed by atoms with van der Waals surface area (Å²) in [6.45, 7) is -0.854. The maximum absolute atomic E-state index is 13.3. The SMILES string of the molecule is NNCCC[C@H](NC(=O)[C@H](CC(=O)O)NC(=O)CCC(NC(=O)c1ccc(NCc2cnc3nc(N)[nH]c(=O)c3n2)cc1)C(=O)O)C(=O)N[C@H](CONCC(=O)O)CC(=O)O. The van der Waals surface area contributed by atoms with E-state index in [2.05, 4.69) is 57.4 Å². The highest BCUT2D eigenvalue weighted by atomic mass is 16.6. The topological polar surface area (TPSA) is 434 Å². The van der Waals surface area contributed by atoms with Crippen LogP contribution in [0.15, 0.2) is 35.3 Å². The Hall–Kier alpha value is -7.36. The van der Waals surface area contributed by atoms with Gasteiger partial charge in [-0.3, -0.25) is 59.4 Å². The summed E-state index contributed by atoms with van der Waals surface area (Å²) in [6.07, 6.45) is -1.26. The zero-order valence-electron chi connectivity index (χ0n) is 32.1. The van der Waals surface area contributed by atoms with Gasteiger partial charge in [0.1, 0.15) is 24.7 Å². The van der Waals surface area contributed by atoms with E-state index in [1.54, 1.807) is 0 Å². The minimum absolute atomic E-state index is 0.0136. The summed E-state index contributed by atoms with van der Waals surface area (Å²) in [6, 6.07) is -0.197. The number of carbonyl (C=O) groups is 8. The minimum Gasteiger partial charge on any atom is -0.481 e. The van der Waals surface area contributed by atoms with Crippen molar-refractivity contribution in [3.63, 3.8) is 0 Å². The second-order valence-electron chi connectivity index (χ2n) is 13.0. The Morgan fingerprint density at radius 1 is 0.803 bits per heavy atom. The van der Waals surface area contributed by atoms with Crippen molar-refractivity contribution >= 4 is 70.3 Å². The summed E-state index contributed by atoms with van der Waals surface area (Å²) in [5, 5.41) is 49.4. The Balaban J connectivity index is 1.59. The predicted molar refractivity (Wildman–Crippen MR) is 208 cm³/mol. The Labute approximate surface area is 343 Å². The van der Waals surface area contributed by atoms with Crippen LogP contribution in [0.3, 0.4) is 0 Å². The van der Waals surface area contributed by atoms with Crippen LogP contribution in [0.25, 0.3) is 11.2 Å². The fourth-order valence-corrected chi connectivity index (χ4v) is 5.30. The van der Waals surface area contributed by atoms with Crippen LogP contribution in [0.2, 0.25) is 0 Å². The van der Waals surface area contributed by atoms with Gasteiger partial charge in [0.15, 0.2) is 11.2 Å². The van der Waals surface area contributed by atoms with E-state index in [4.69, 9.17) is 21.5 Å². The van der Waals surface area contributed by atoms with Crippen LogP contribution in [-0.2, 0) is 44.9 Å². The molecule has 0 spiro atoms. The number of aromatic amines is 1. The van der Waals surface area contributed by atoms with Crippen LogP contribution < -0.4 is 54.6 Å². The van der Waals surface area contributed by atoms with Crippen molar-refractivity contribution in [2.45, 2.75) is 69.2 Å². The number of rotatable bonds is 27. The van der Waals surface area contributed by atoms with Gasteiger partial charge in [-0.05, 0) is 43.5 Å². The highest BCUT2D eigenvalue weighted by Gasteiger charge is 2.30. The molecule has 2 aromatic heterocycles. The van der Waals surface area contributed by atoms with Gasteiger partial charge in [-0.15, -0.1) is 0 Å². The number of amides is 4. The summed E-state index contributed by atoms with van der Waals surface area (Å²) in [5.41, 5.74) is 10.4. The molecule has 0 bridgehead atoms. The Bertz CT molecular complexity index is 2120. The summed E-state index contributed by atoms with van der Waals surface area (Å²) in [5.74, 6) is -4.32. The molecule has 3 aromatic rings. The van der Waals surface area contributed by atoms with E-state index in [0.29, 0.717) is 11.4 Å². The molecule has 0 aliphatic heterocycles. The molecule has 0 saturated heterocycles. The fraction of sp³-hybridized carbons (Fsp3) is 0.412. The number of aromatic nitrogens is 4.